The van der Waals surface area contributed by atoms with Gasteiger partial charge in [-0.2, -0.15) is 13.9 Å². The predicted molar refractivity (Wildman–Crippen MR) is 120 cm³/mol. The molecule has 5 rings (SSSR count). The van der Waals surface area contributed by atoms with E-state index in [9.17, 15) is 8.78 Å². The Morgan fingerprint density at radius 2 is 1.72 bits per heavy atom. The van der Waals surface area contributed by atoms with Crippen LogP contribution < -0.4 is 9.64 Å². The molecule has 1 unspecified atom stereocenters. The van der Waals surface area contributed by atoms with Crippen molar-refractivity contribution in [2.75, 3.05) is 4.90 Å². The lowest BCUT2D eigenvalue weighted by molar-refractivity contribution is 0.304. The molecule has 158 valence electrons. The van der Waals surface area contributed by atoms with Gasteiger partial charge in [-0.15, -0.1) is 5.11 Å². The molecule has 0 radical (unpaired) electrons. The van der Waals surface area contributed by atoms with Gasteiger partial charge in [0.2, 0.25) is 5.95 Å². The van der Waals surface area contributed by atoms with E-state index < -0.39 is 12.4 Å². The van der Waals surface area contributed by atoms with Gasteiger partial charge < -0.3 is 4.74 Å². The van der Waals surface area contributed by atoms with Gasteiger partial charge in [-0.05, 0) is 48.9 Å². The van der Waals surface area contributed by atoms with Gasteiger partial charge in [-0.1, -0.05) is 42.5 Å². The number of para-hydroxylation sites is 2. The van der Waals surface area contributed by atoms with E-state index in [2.05, 4.69) is 10.2 Å². The molecule has 4 aromatic rings. The van der Waals surface area contributed by atoms with Gasteiger partial charge >= 0.3 is 0 Å². The minimum Gasteiger partial charge on any atom is -0.455 e. The van der Waals surface area contributed by atoms with E-state index >= 15 is 0 Å². The fourth-order valence-corrected chi connectivity index (χ4v) is 3.64. The molecule has 0 spiro atoms. The summed E-state index contributed by atoms with van der Waals surface area (Å²) >= 11 is 0. The van der Waals surface area contributed by atoms with Crippen molar-refractivity contribution in [2.45, 2.75) is 13.3 Å². The van der Waals surface area contributed by atoms with Crippen molar-refractivity contribution in [1.29, 1.82) is 0 Å². The zero-order chi connectivity index (χ0) is 22.1. The number of pyridine rings is 1. The third-order valence-electron chi connectivity index (χ3n) is 5.18. The van der Waals surface area contributed by atoms with Crippen LogP contribution in [-0.4, -0.2) is 11.4 Å². The zero-order valence-electron chi connectivity index (χ0n) is 17.1. The summed E-state index contributed by atoms with van der Waals surface area (Å²) in [5.41, 5.74) is 4.02. The topological polar surface area (TPSA) is 50.1 Å². The number of alkyl halides is 1. The number of azo groups is 1. The summed E-state index contributed by atoms with van der Waals surface area (Å²) in [5, 5.41) is 7.63. The molecule has 0 fully saturated rings. The number of nitrogens with zero attached hydrogens (tertiary/aromatic N) is 4. The van der Waals surface area contributed by atoms with Crippen LogP contribution in [0, 0.1) is 6.92 Å². The zero-order valence-corrected chi connectivity index (χ0v) is 17.1. The average molecular weight is 428 g/mol. The molecule has 0 aliphatic carbocycles. The van der Waals surface area contributed by atoms with E-state index in [-0.39, 0.29) is 5.69 Å². The molecule has 0 saturated carbocycles. The highest BCUT2D eigenvalue weighted by atomic mass is 19.2. The highest BCUT2D eigenvalue weighted by Crippen LogP contribution is 2.38. The van der Waals surface area contributed by atoms with E-state index in [4.69, 9.17) is 9.72 Å². The summed E-state index contributed by atoms with van der Waals surface area (Å²) in [5.74, 6) is -0.0297. The Bertz CT molecular complexity index is 1350. The molecule has 3 aromatic carbocycles. The molecule has 0 bridgehead atoms. The number of fused-ring (bicyclic) bond motifs is 1. The summed E-state index contributed by atoms with van der Waals surface area (Å²) in [6.45, 7) is 2.01. The lowest BCUT2D eigenvalue weighted by Crippen LogP contribution is -2.30. The van der Waals surface area contributed by atoms with E-state index in [1.807, 2.05) is 55.5 Å². The van der Waals surface area contributed by atoms with E-state index in [0.717, 1.165) is 38.8 Å². The van der Waals surface area contributed by atoms with E-state index in [1.54, 1.807) is 30.3 Å². The van der Waals surface area contributed by atoms with Gasteiger partial charge in [0.1, 0.15) is 11.9 Å². The largest absolute Gasteiger partial charge is 0.455 e. The Balaban J connectivity index is 1.50. The van der Waals surface area contributed by atoms with E-state index in [1.165, 1.54) is 0 Å². The summed E-state index contributed by atoms with van der Waals surface area (Å²) in [6.07, 6.45) is -1.10. The summed E-state index contributed by atoms with van der Waals surface area (Å²) in [4.78, 5) is 5.57. The fraction of sp³-hybridized carbons (Fsp3) is 0.0800. The standard InChI is InChI=1S/C25H18F2N4O/c1-16-13-21(17-7-3-2-4-8-17)29-20-12-11-18(14-19(16)20)32-23-10-6-5-9-22(23)31-24(26)15-28-30-25(31)27/h2-15,25H,1H3. The van der Waals surface area contributed by atoms with Crippen molar-refractivity contribution in [3.63, 3.8) is 0 Å². The monoisotopic (exact) mass is 428 g/mol. The Morgan fingerprint density at radius 1 is 0.938 bits per heavy atom. The molecular weight excluding hydrogens is 410 g/mol. The molecule has 5 nitrogen and oxygen atoms in total. The summed E-state index contributed by atoms with van der Waals surface area (Å²) in [6, 6.07) is 24.2. The third kappa shape index (κ3) is 3.69. The maximum atomic E-state index is 14.3. The normalized spacial score (nSPS) is 15.7. The molecule has 7 heteroatoms. The quantitative estimate of drug-likeness (QED) is 0.321. The second-order valence-corrected chi connectivity index (χ2v) is 7.30. The maximum absolute atomic E-state index is 14.3. The van der Waals surface area contributed by atoms with Gasteiger partial charge in [-0.3, -0.25) is 4.90 Å². The molecule has 1 aliphatic rings. The van der Waals surface area contributed by atoms with E-state index in [0.29, 0.717) is 11.5 Å². The lowest BCUT2D eigenvalue weighted by atomic mass is 10.0. The first kappa shape index (κ1) is 19.8. The third-order valence-corrected chi connectivity index (χ3v) is 5.18. The van der Waals surface area contributed by atoms with Gasteiger partial charge in [0.15, 0.2) is 5.75 Å². The predicted octanol–water partition coefficient (Wildman–Crippen LogP) is 7.30. The number of ether oxygens (including phenoxy) is 1. The molecular formula is C25H18F2N4O. The van der Waals surface area contributed by atoms with Crippen molar-refractivity contribution < 1.29 is 13.5 Å². The van der Waals surface area contributed by atoms with Crippen LogP contribution in [-0.2, 0) is 0 Å². The van der Waals surface area contributed by atoms with Crippen LogP contribution in [0.15, 0.2) is 101 Å². The molecule has 0 amide bonds. The van der Waals surface area contributed by atoms with Crippen LogP contribution in [0.2, 0.25) is 0 Å². The van der Waals surface area contributed by atoms with Gasteiger partial charge in [0, 0.05) is 10.9 Å². The Hall–Kier alpha value is -4.13. The number of benzene rings is 3. The van der Waals surface area contributed by atoms with Crippen molar-refractivity contribution in [1.82, 2.24) is 4.98 Å². The second-order valence-electron chi connectivity index (χ2n) is 7.30. The number of halogens is 2. The number of hydrogen-bond donors (Lipinski definition) is 0. The summed E-state index contributed by atoms with van der Waals surface area (Å²) < 4.78 is 34.6. The molecule has 1 aromatic heterocycles. The minimum absolute atomic E-state index is 0.210. The second kappa shape index (κ2) is 8.19. The first-order chi connectivity index (χ1) is 15.6. The Kier molecular flexibility index (Phi) is 5.07. The van der Waals surface area contributed by atoms with Crippen LogP contribution >= 0.6 is 0 Å². The number of anilines is 1. The summed E-state index contributed by atoms with van der Waals surface area (Å²) in [7, 11) is 0. The van der Waals surface area contributed by atoms with Crippen molar-refractivity contribution in [3.8, 4) is 22.8 Å². The Morgan fingerprint density at radius 3 is 2.53 bits per heavy atom. The number of hydrogen-bond acceptors (Lipinski definition) is 5. The fourth-order valence-electron chi connectivity index (χ4n) is 3.64. The van der Waals surface area contributed by atoms with Crippen LogP contribution in [0.3, 0.4) is 0 Å². The first-order valence-electron chi connectivity index (χ1n) is 10.0. The average Bonchev–Trinajstić information content (AvgIpc) is 2.81. The van der Waals surface area contributed by atoms with Crippen molar-refractivity contribution in [3.05, 3.63) is 96.6 Å². The highest BCUT2D eigenvalue weighted by Gasteiger charge is 2.27. The van der Waals surface area contributed by atoms with Gasteiger partial charge in [0.05, 0.1) is 16.9 Å². The van der Waals surface area contributed by atoms with Crippen molar-refractivity contribution in [2.24, 2.45) is 10.2 Å². The molecule has 32 heavy (non-hydrogen) atoms. The number of aryl methyl sites for hydroxylation is 1. The smallest absolute Gasteiger partial charge is 0.291 e. The molecule has 2 heterocycles. The van der Waals surface area contributed by atoms with Gasteiger partial charge in [0.25, 0.3) is 6.42 Å². The van der Waals surface area contributed by atoms with Crippen molar-refractivity contribution >= 4 is 16.6 Å². The highest BCUT2D eigenvalue weighted by molar-refractivity contribution is 5.86. The minimum atomic E-state index is -1.97. The van der Waals surface area contributed by atoms with Crippen LogP contribution in [0.25, 0.3) is 22.2 Å². The molecule has 0 saturated heterocycles. The lowest BCUT2D eigenvalue weighted by Gasteiger charge is -2.26. The first-order valence-corrected chi connectivity index (χ1v) is 10.0. The number of rotatable bonds is 4. The maximum Gasteiger partial charge on any atom is 0.291 e. The van der Waals surface area contributed by atoms with Crippen LogP contribution in [0.5, 0.6) is 11.5 Å². The van der Waals surface area contributed by atoms with Crippen LogP contribution in [0.4, 0.5) is 14.5 Å². The number of aromatic nitrogens is 1. The Labute approximate surface area is 183 Å². The molecule has 1 aliphatic heterocycles. The van der Waals surface area contributed by atoms with Gasteiger partial charge in [-0.25, -0.2) is 4.98 Å². The molecule has 0 N–H and O–H groups in total. The SMILES string of the molecule is Cc1cc(-c2ccccc2)nc2ccc(Oc3ccccc3N3C(F)=CN=NC3F)cc12. The molecule has 1 atom stereocenters. The van der Waals surface area contributed by atoms with Crippen LogP contribution in [0.1, 0.15) is 5.56 Å².